The molecule has 0 amide bonds. The number of hydrogen-bond donors (Lipinski definition) is 2. The molecule has 0 aromatic carbocycles. The van der Waals surface area contributed by atoms with E-state index in [1.807, 2.05) is 12.1 Å². The lowest BCUT2D eigenvalue weighted by Crippen LogP contribution is -1.99. The van der Waals surface area contributed by atoms with Gasteiger partial charge in [0.05, 0.1) is 12.4 Å². The zero-order valence-corrected chi connectivity index (χ0v) is 6.91. The first-order valence-corrected chi connectivity index (χ1v) is 4.17. The topological polar surface area (TPSA) is 49.8 Å². The Morgan fingerprint density at radius 2 is 2.31 bits per heavy atom. The van der Waals surface area contributed by atoms with Crippen LogP contribution in [0.5, 0.6) is 0 Å². The minimum Gasteiger partial charge on any atom is -0.365 e. The third-order valence-corrected chi connectivity index (χ3v) is 2.12. The molecule has 2 aromatic heterocycles. The number of anilines is 2. The lowest BCUT2D eigenvalue weighted by Gasteiger charge is -1.99. The number of fused-ring (bicyclic) bond motifs is 2. The van der Waals surface area contributed by atoms with Crippen LogP contribution in [0.15, 0.2) is 24.4 Å². The van der Waals surface area contributed by atoms with Crippen molar-refractivity contribution in [3.8, 4) is 0 Å². The van der Waals surface area contributed by atoms with Gasteiger partial charge < -0.3 is 10.6 Å². The average Bonchev–Trinajstić information content (AvgIpc) is 2.61. The first kappa shape index (κ1) is 6.65. The Balaban J connectivity index is 2.36. The number of aromatic nitrogens is 2. The summed E-state index contributed by atoms with van der Waals surface area (Å²) in [5.74, 6) is 0.895. The largest absolute Gasteiger partial charge is 0.365 e. The highest BCUT2D eigenvalue weighted by Gasteiger charge is 2.11. The van der Waals surface area contributed by atoms with Gasteiger partial charge in [-0.25, -0.2) is 9.97 Å². The van der Waals surface area contributed by atoms with Crippen LogP contribution < -0.4 is 10.6 Å². The van der Waals surface area contributed by atoms with E-state index in [1.165, 1.54) is 0 Å². The zero-order chi connectivity index (χ0) is 8.67. The van der Waals surface area contributed by atoms with E-state index in [4.69, 9.17) is 0 Å². The van der Waals surface area contributed by atoms with E-state index in [1.54, 1.807) is 6.20 Å². The highest BCUT2D eigenvalue weighted by molar-refractivity contribution is 5.85. The van der Waals surface area contributed by atoms with E-state index in [9.17, 15) is 0 Å². The van der Waals surface area contributed by atoms with Gasteiger partial charge in [-0.1, -0.05) is 0 Å². The minimum absolute atomic E-state index is 0.749. The molecule has 4 heteroatoms. The molecule has 13 heavy (non-hydrogen) atoms. The molecule has 0 saturated heterocycles. The molecule has 0 fully saturated rings. The molecular formula is C9H8N4. The van der Waals surface area contributed by atoms with Crippen LogP contribution in [0.4, 0.5) is 11.5 Å². The van der Waals surface area contributed by atoms with Crippen molar-refractivity contribution >= 4 is 22.5 Å². The Hall–Kier alpha value is -1.84. The van der Waals surface area contributed by atoms with Crippen molar-refractivity contribution in [1.82, 2.24) is 9.97 Å². The first-order valence-electron chi connectivity index (χ1n) is 4.17. The van der Waals surface area contributed by atoms with Crippen LogP contribution in [0, 0.1) is 0 Å². The van der Waals surface area contributed by atoms with Crippen LogP contribution >= 0.6 is 0 Å². The molecule has 64 valence electrons. The molecule has 0 aliphatic carbocycles. The number of nitrogens with zero attached hydrogens (tertiary/aromatic N) is 2. The fourth-order valence-corrected chi connectivity index (χ4v) is 1.50. The van der Waals surface area contributed by atoms with E-state index >= 15 is 0 Å². The summed E-state index contributed by atoms with van der Waals surface area (Å²) in [6, 6.07) is 5.99. The van der Waals surface area contributed by atoms with Gasteiger partial charge in [-0.15, -0.1) is 0 Å². The van der Waals surface area contributed by atoms with Crippen molar-refractivity contribution in [2.45, 2.75) is 0 Å². The van der Waals surface area contributed by atoms with E-state index in [2.05, 4.69) is 26.7 Å². The summed E-state index contributed by atoms with van der Waals surface area (Å²) in [6.45, 7) is 0.749. The molecular weight excluding hydrogens is 164 g/mol. The van der Waals surface area contributed by atoms with Crippen molar-refractivity contribution in [2.24, 2.45) is 0 Å². The molecule has 1 aliphatic rings. The van der Waals surface area contributed by atoms with Crippen molar-refractivity contribution in [2.75, 3.05) is 17.3 Å². The van der Waals surface area contributed by atoms with E-state index in [0.717, 1.165) is 29.2 Å². The standard InChI is InChI=1S/C9H8N4/c1-2-6-4-7-9(12-5-11-7)13-8(6)10-3-1/h1-4,11H,5H2,(H,10,12,13). The van der Waals surface area contributed by atoms with Crippen LogP contribution in [0.25, 0.3) is 11.0 Å². The molecule has 1 aliphatic heterocycles. The van der Waals surface area contributed by atoms with Gasteiger partial charge in [0.2, 0.25) is 0 Å². The Morgan fingerprint density at radius 3 is 3.31 bits per heavy atom. The molecule has 0 saturated carbocycles. The molecule has 2 N–H and O–H groups in total. The summed E-state index contributed by atoms with van der Waals surface area (Å²) in [7, 11) is 0. The van der Waals surface area contributed by atoms with Gasteiger partial charge in [0.25, 0.3) is 0 Å². The van der Waals surface area contributed by atoms with E-state index < -0.39 is 0 Å². The molecule has 0 radical (unpaired) electrons. The van der Waals surface area contributed by atoms with Crippen LogP contribution in [0.2, 0.25) is 0 Å². The Labute approximate surface area is 75.0 Å². The predicted octanol–water partition coefficient (Wildman–Crippen LogP) is 1.42. The van der Waals surface area contributed by atoms with Gasteiger partial charge in [0, 0.05) is 11.6 Å². The summed E-state index contributed by atoms with van der Waals surface area (Å²) in [6.07, 6.45) is 1.75. The molecule has 0 atom stereocenters. The second-order valence-electron chi connectivity index (χ2n) is 2.96. The van der Waals surface area contributed by atoms with Crippen molar-refractivity contribution < 1.29 is 0 Å². The minimum atomic E-state index is 0.749. The summed E-state index contributed by atoms with van der Waals surface area (Å²) in [4.78, 5) is 8.55. The van der Waals surface area contributed by atoms with Gasteiger partial charge in [-0.2, -0.15) is 0 Å². The van der Waals surface area contributed by atoms with Crippen LogP contribution in [-0.2, 0) is 0 Å². The maximum atomic E-state index is 4.37. The fraction of sp³-hybridized carbons (Fsp3) is 0.111. The predicted molar refractivity (Wildman–Crippen MR) is 51.7 cm³/mol. The Bertz CT molecular complexity index is 424. The fourth-order valence-electron chi connectivity index (χ4n) is 1.50. The summed E-state index contributed by atoms with van der Waals surface area (Å²) >= 11 is 0. The van der Waals surface area contributed by atoms with Crippen LogP contribution in [0.1, 0.15) is 0 Å². The number of pyridine rings is 2. The van der Waals surface area contributed by atoms with Crippen molar-refractivity contribution in [3.05, 3.63) is 24.4 Å². The zero-order valence-electron chi connectivity index (χ0n) is 6.91. The normalized spacial score (nSPS) is 13.5. The van der Waals surface area contributed by atoms with Crippen LogP contribution in [-0.4, -0.2) is 16.6 Å². The molecule has 0 spiro atoms. The molecule has 4 nitrogen and oxygen atoms in total. The smallest absolute Gasteiger partial charge is 0.161 e. The number of hydrogen-bond acceptors (Lipinski definition) is 4. The summed E-state index contributed by atoms with van der Waals surface area (Å²) in [5, 5.41) is 7.39. The first-order chi connectivity index (χ1) is 6.43. The third kappa shape index (κ3) is 0.917. The van der Waals surface area contributed by atoms with E-state index in [0.29, 0.717) is 0 Å². The Morgan fingerprint density at radius 1 is 1.31 bits per heavy atom. The highest BCUT2D eigenvalue weighted by atomic mass is 15.2. The van der Waals surface area contributed by atoms with Crippen molar-refractivity contribution in [1.29, 1.82) is 0 Å². The highest BCUT2D eigenvalue weighted by Crippen LogP contribution is 2.26. The molecule has 3 rings (SSSR count). The maximum absolute atomic E-state index is 4.37. The van der Waals surface area contributed by atoms with Gasteiger partial charge in [0.1, 0.15) is 0 Å². The van der Waals surface area contributed by atoms with E-state index in [-0.39, 0.29) is 0 Å². The monoisotopic (exact) mass is 172 g/mol. The SMILES string of the molecule is c1cnc2nc3c(cc2c1)NCN3. The van der Waals surface area contributed by atoms with Gasteiger partial charge in [-0.3, -0.25) is 0 Å². The van der Waals surface area contributed by atoms with Gasteiger partial charge >= 0.3 is 0 Å². The lowest BCUT2D eigenvalue weighted by atomic mass is 10.2. The molecule has 0 unspecified atom stereocenters. The third-order valence-electron chi connectivity index (χ3n) is 2.12. The van der Waals surface area contributed by atoms with Crippen molar-refractivity contribution in [3.63, 3.8) is 0 Å². The quantitative estimate of drug-likeness (QED) is 0.631. The second kappa shape index (κ2) is 2.32. The summed E-state index contributed by atoms with van der Waals surface area (Å²) in [5.41, 5.74) is 1.85. The lowest BCUT2D eigenvalue weighted by molar-refractivity contribution is 1.26. The van der Waals surface area contributed by atoms with Gasteiger partial charge in [-0.05, 0) is 18.2 Å². The second-order valence-corrected chi connectivity index (χ2v) is 2.96. The average molecular weight is 172 g/mol. The number of nitrogens with one attached hydrogen (secondary N) is 2. The molecule has 3 heterocycles. The number of rotatable bonds is 0. The Kier molecular flexibility index (Phi) is 1.19. The summed E-state index contributed by atoms with van der Waals surface area (Å²) < 4.78 is 0. The van der Waals surface area contributed by atoms with Gasteiger partial charge in [0.15, 0.2) is 11.5 Å². The molecule has 2 aromatic rings. The van der Waals surface area contributed by atoms with Crippen LogP contribution in [0.3, 0.4) is 0 Å². The molecule has 0 bridgehead atoms. The maximum Gasteiger partial charge on any atom is 0.161 e.